The number of methoxy groups -OCH3 is 2. The van der Waals surface area contributed by atoms with Gasteiger partial charge in [0, 0.05) is 24.0 Å². The molecule has 0 spiro atoms. The van der Waals surface area contributed by atoms with E-state index in [-0.39, 0.29) is 22.0 Å². The Hall–Kier alpha value is -3.69. The molecule has 0 radical (unpaired) electrons. The Balaban J connectivity index is 2.48. The number of nitrogens with one attached hydrogen (secondary N) is 2. The van der Waals surface area contributed by atoms with Gasteiger partial charge in [-0.15, -0.1) is 0 Å². The number of anilines is 2. The van der Waals surface area contributed by atoms with Gasteiger partial charge in [-0.05, 0) is 12.1 Å². The van der Waals surface area contributed by atoms with Crippen molar-refractivity contribution in [3.63, 3.8) is 0 Å². The fourth-order valence-corrected chi connectivity index (χ4v) is 3.37. The second-order valence-corrected chi connectivity index (χ2v) is 6.75. The molecule has 2 aromatic carbocycles. The highest BCUT2D eigenvalue weighted by Gasteiger charge is 2.23. The van der Waals surface area contributed by atoms with Crippen LogP contribution in [0, 0.1) is 22.7 Å². The number of hydrogen-bond acceptors (Lipinski definition) is 7. The Labute approximate surface area is 157 Å². The molecular weight excluding hydrogens is 368 g/mol. The molecule has 0 aromatic heterocycles. The first kappa shape index (κ1) is 19.6. The van der Waals surface area contributed by atoms with E-state index in [1.165, 1.54) is 32.6 Å². The topological polar surface area (TPSA) is 124 Å². The molecule has 2 N–H and O–H groups in total. The molecular formula is C18H16N4O4S. The Morgan fingerprint density at radius 2 is 1.67 bits per heavy atom. The maximum absolute atomic E-state index is 12.8. The molecule has 0 amide bonds. The molecule has 2 rings (SSSR count). The van der Waals surface area contributed by atoms with E-state index in [0.29, 0.717) is 11.4 Å². The van der Waals surface area contributed by atoms with Crippen LogP contribution in [0.3, 0.4) is 0 Å². The maximum atomic E-state index is 12.8. The van der Waals surface area contributed by atoms with Gasteiger partial charge in [-0.25, -0.2) is 8.42 Å². The lowest BCUT2D eigenvalue weighted by atomic mass is 10.2. The standard InChI is InChI=1S/C18H16N4O4S/c1-25-16-9-18(27(23,24)22-14-6-4-3-5-7-14)17(26-2)8-15(16)21-12-13(10-19)11-20/h3-9,12,21-22H,1-2H3. The first-order chi connectivity index (χ1) is 12.9. The van der Waals surface area contributed by atoms with E-state index in [1.54, 1.807) is 42.5 Å². The van der Waals surface area contributed by atoms with Gasteiger partial charge in [0.25, 0.3) is 10.0 Å². The molecule has 0 atom stereocenters. The highest BCUT2D eigenvalue weighted by atomic mass is 32.2. The number of rotatable bonds is 7. The summed E-state index contributed by atoms with van der Waals surface area (Å²) in [7, 11) is -1.25. The molecule has 0 saturated heterocycles. The van der Waals surface area contributed by atoms with Crippen LogP contribution < -0.4 is 19.5 Å². The summed E-state index contributed by atoms with van der Waals surface area (Å²) >= 11 is 0. The van der Waals surface area contributed by atoms with Crippen molar-refractivity contribution in [3.05, 3.63) is 54.2 Å². The summed E-state index contributed by atoms with van der Waals surface area (Å²) in [5.41, 5.74) is 0.575. The van der Waals surface area contributed by atoms with Gasteiger partial charge in [-0.1, -0.05) is 18.2 Å². The van der Waals surface area contributed by atoms with Crippen molar-refractivity contribution in [2.24, 2.45) is 0 Å². The number of benzene rings is 2. The maximum Gasteiger partial charge on any atom is 0.265 e. The summed E-state index contributed by atoms with van der Waals surface area (Å²) in [4.78, 5) is -0.124. The molecule has 0 saturated carbocycles. The van der Waals surface area contributed by atoms with Gasteiger partial charge in [0.2, 0.25) is 0 Å². The molecule has 138 valence electrons. The van der Waals surface area contributed by atoms with Crippen LogP contribution in [0.2, 0.25) is 0 Å². The largest absolute Gasteiger partial charge is 0.495 e. The van der Waals surface area contributed by atoms with Gasteiger partial charge in [0.1, 0.15) is 34.1 Å². The van der Waals surface area contributed by atoms with Gasteiger partial charge < -0.3 is 14.8 Å². The van der Waals surface area contributed by atoms with Gasteiger partial charge >= 0.3 is 0 Å². The van der Waals surface area contributed by atoms with E-state index in [1.807, 2.05) is 0 Å². The average Bonchev–Trinajstić information content (AvgIpc) is 2.68. The van der Waals surface area contributed by atoms with E-state index >= 15 is 0 Å². The molecule has 9 heteroatoms. The second kappa shape index (κ2) is 8.61. The van der Waals surface area contributed by atoms with Crippen LogP contribution in [0.4, 0.5) is 11.4 Å². The van der Waals surface area contributed by atoms with Crippen LogP contribution in [0.1, 0.15) is 0 Å². The van der Waals surface area contributed by atoms with Crippen LogP contribution in [-0.2, 0) is 10.0 Å². The molecule has 0 heterocycles. The van der Waals surface area contributed by atoms with Crippen LogP contribution in [0.5, 0.6) is 11.5 Å². The molecule has 0 bridgehead atoms. The van der Waals surface area contributed by atoms with Crippen molar-refractivity contribution in [3.8, 4) is 23.6 Å². The third-order valence-corrected chi connectivity index (χ3v) is 4.82. The van der Waals surface area contributed by atoms with Crippen LogP contribution in [0.15, 0.2) is 59.1 Å². The highest BCUT2D eigenvalue weighted by molar-refractivity contribution is 7.92. The first-order valence-electron chi connectivity index (χ1n) is 7.56. The zero-order valence-corrected chi connectivity index (χ0v) is 15.4. The molecule has 27 heavy (non-hydrogen) atoms. The molecule has 0 aliphatic carbocycles. The van der Waals surface area contributed by atoms with Crippen LogP contribution >= 0.6 is 0 Å². The Morgan fingerprint density at radius 1 is 1.04 bits per heavy atom. The average molecular weight is 384 g/mol. The molecule has 0 unspecified atom stereocenters. The van der Waals surface area contributed by atoms with Crippen molar-refractivity contribution < 1.29 is 17.9 Å². The summed E-state index contributed by atoms with van der Waals surface area (Å²) in [5.74, 6) is 0.251. The predicted octanol–water partition coefficient (Wildman–Crippen LogP) is 2.85. The minimum absolute atomic E-state index is 0.0607. The number of ether oxygens (including phenoxy) is 2. The lowest BCUT2D eigenvalue weighted by Gasteiger charge is -2.16. The monoisotopic (exact) mass is 384 g/mol. The number of hydrogen-bond donors (Lipinski definition) is 2. The van der Waals surface area contributed by atoms with Crippen LogP contribution in [0.25, 0.3) is 0 Å². The zero-order chi connectivity index (χ0) is 19.9. The van der Waals surface area contributed by atoms with Crippen molar-refractivity contribution in [1.82, 2.24) is 0 Å². The summed E-state index contributed by atoms with van der Waals surface area (Å²) in [6, 6.07) is 14.5. The SMILES string of the molecule is COc1cc(S(=O)(=O)Nc2ccccc2)c(OC)cc1NC=C(C#N)C#N. The van der Waals surface area contributed by atoms with E-state index in [9.17, 15) is 8.42 Å². The third kappa shape index (κ3) is 4.69. The molecule has 0 aliphatic rings. The fourth-order valence-electron chi connectivity index (χ4n) is 2.15. The number of nitrogens with zero attached hydrogens (tertiary/aromatic N) is 2. The third-order valence-electron chi connectivity index (χ3n) is 3.41. The van der Waals surface area contributed by atoms with Crippen molar-refractivity contribution >= 4 is 21.4 Å². The molecule has 0 aliphatic heterocycles. The van der Waals surface area contributed by atoms with Gasteiger partial charge in [-0.2, -0.15) is 10.5 Å². The number of sulfonamides is 1. The van der Waals surface area contributed by atoms with Crippen molar-refractivity contribution in [2.75, 3.05) is 24.3 Å². The van der Waals surface area contributed by atoms with E-state index in [2.05, 4.69) is 10.0 Å². The summed E-state index contributed by atoms with van der Waals surface area (Å²) in [6.45, 7) is 0. The number of allylic oxidation sites excluding steroid dienone is 1. The Morgan fingerprint density at radius 3 is 2.22 bits per heavy atom. The smallest absolute Gasteiger partial charge is 0.265 e. The molecule has 0 fully saturated rings. The molecule has 8 nitrogen and oxygen atoms in total. The lowest BCUT2D eigenvalue weighted by molar-refractivity contribution is 0.394. The Kier molecular flexibility index (Phi) is 6.26. The van der Waals surface area contributed by atoms with E-state index < -0.39 is 10.0 Å². The fraction of sp³-hybridized carbons (Fsp3) is 0.111. The predicted molar refractivity (Wildman–Crippen MR) is 99.7 cm³/mol. The number of nitriles is 2. The minimum Gasteiger partial charge on any atom is -0.495 e. The summed E-state index contributed by atoms with van der Waals surface area (Å²) in [5, 5.41) is 20.3. The van der Waals surface area contributed by atoms with E-state index in [4.69, 9.17) is 20.0 Å². The first-order valence-corrected chi connectivity index (χ1v) is 9.04. The van der Waals surface area contributed by atoms with E-state index in [0.717, 1.165) is 0 Å². The lowest BCUT2D eigenvalue weighted by Crippen LogP contribution is -2.14. The van der Waals surface area contributed by atoms with Gasteiger partial charge in [0.15, 0.2) is 0 Å². The van der Waals surface area contributed by atoms with Crippen molar-refractivity contribution in [2.45, 2.75) is 4.90 Å². The number of para-hydroxylation sites is 1. The minimum atomic E-state index is -3.95. The summed E-state index contributed by atoms with van der Waals surface area (Å²) in [6.07, 6.45) is 1.19. The highest BCUT2D eigenvalue weighted by Crippen LogP contribution is 2.36. The van der Waals surface area contributed by atoms with Gasteiger partial charge in [-0.3, -0.25) is 4.72 Å². The van der Waals surface area contributed by atoms with Crippen LogP contribution in [-0.4, -0.2) is 22.6 Å². The summed E-state index contributed by atoms with van der Waals surface area (Å²) < 4.78 is 38.4. The second-order valence-electron chi connectivity index (χ2n) is 5.10. The normalized spacial score (nSPS) is 10.1. The zero-order valence-electron chi connectivity index (χ0n) is 14.6. The quantitative estimate of drug-likeness (QED) is 0.703. The Bertz CT molecular complexity index is 1020. The molecule has 2 aromatic rings. The van der Waals surface area contributed by atoms with Gasteiger partial charge in [0.05, 0.1) is 19.9 Å². The van der Waals surface area contributed by atoms with Crippen molar-refractivity contribution in [1.29, 1.82) is 10.5 Å².